The molecule has 2 aliphatic rings. The van der Waals surface area contributed by atoms with Crippen molar-refractivity contribution in [3.8, 4) is 5.75 Å². The van der Waals surface area contributed by atoms with Gasteiger partial charge in [-0.25, -0.2) is 0 Å². The third-order valence-electron chi connectivity index (χ3n) is 4.79. The van der Waals surface area contributed by atoms with Gasteiger partial charge < -0.3 is 9.64 Å². The average molecular weight is 316 g/mol. The van der Waals surface area contributed by atoms with Crippen LogP contribution in [0, 0.1) is 5.92 Å². The third-order valence-corrected chi connectivity index (χ3v) is 4.79. The molecule has 0 saturated carbocycles. The maximum Gasteiger partial charge on any atom is 0.253 e. The van der Waals surface area contributed by atoms with Crippen LogP contribution in [0.4, 0.5) is 0 Å². The van der Waals surface area contributed by atoms with E-state index in [1.54, 1.807) is 0 Å². The molecule has 126 valence electrons. The Morgan fingerprint density at radius 3 is 2.52 bits per heavy atom. The number of ether oxygens (including phenoxy) is 1. The fourth-order valence-electron chi connectivity index (χ4n) is 3.47. The second-order valence-electron chi connectivity index (χ2n) is 7.17. The topological polar surface area (TPSA) is 32.8 Å². The van der Waals surface area contributed by atoms with Crippen LogP contribution < -0.4 is 4.74 Å². The first-order valence-electron chi connectivity index (χ1n) is 8.89. The number of hydrogen-bond acceptors (Lipinski definition) is 3. The number of benzene rings is 1. The highest BCUT2D eigenvalue weighted by Crippen LogP contribution is 2.22. The Bertz CT molecular complexity index is 521. The van der Waals surface area contributed by atoms with Gasteiger partial charge in [-0.3, -0.25) is 9.69 Å². The maximum atomic E-state index is 12.7. The molecular formula is C19H28N2O2. The zero-order valence-electron chi connectivity index (χ0n) is 14.3. The molecule has 1 unspecified atom stereocenters. The van der Waals surface area contributed by atoms with E-state index < -0.39 is 0 Å². The second kappa shape index (κ2) is 7.35. The molecule has 3 rings (SSSR count). The van der Waals surface area contributed by atoms with E-state index in [2.05, 4.69) is 18.7 Å². The smallest absolute Gasteiger partial charge is 0.253 e. The van der Waals surface area contributed by atoms with Crippen LogP contribution in [0.3, 0.4) is 0 Å². The molecule has 0 aliphatic carbocycles. The van der Waals surface area contributed by atoms with E-state index in [-0.39, 0.29) is 5.91 Å². The summed E-state index contributed by atoms with van der Waals surface area (Å²) in [7, 11) is 0. The lowest BCUT2D eigenvalue weighted by Gasteiger charge is -2.23. The normalized spacial score (nSPS) is 22.0. The van der Waals surface area contributed by atoms with Crippen LogP contribution in [0.15, 0.2) is 24.3 Å². The van der Waals surface area contributed by atoms with Gasteiger partial charge in [0.15, 0.2) is 0 Å². The number of rotatable bonds is 5. The predicted octanol–water partition coefficient (Wildman–Crippen LogP) is 3.03. The Labute approximate surface area is 139 Å². The summed E-state index contributed by atoms with van der Waals surface area (Å²) >= 11 is 0. The van der Waals surface area contributed by atoms with Crippen LogP contribution >= 0.6 is 0 Å². The van der Waals surface area contributed by atoms with Crippen LogP contribution in [0.5, 0.6) is 5.75 Å². The van der Waals surface area contributed by atoms with Crippen LogP contribution in [-0.4, -0.2) is 54.5 Å². The van der Waals surface area contributed by atoms with E-state index in [1.807, 2.05) is 29.2 Å². The Morgan fingerprint density at radius 1 is 1.17 bits per heavy atom. The van der Waals surface area contributed by atoms with Crippen molar-refractivity contribution in [2.75, 3.05) is 32.8 Å². The fraction of sp³-hybridized carbons (Fsp3) is 0.632. The first-order valence-corrected chi connectivity index (χ1v) is 8.89. The number of amides is 1. The Morgan fingerprint density at radius 2 is 1.87 bits per heavy atom. The van der Waals surface area contributed by atoms with Crippen LogP contribution in [0.1, 0.15) is 43.5 Å². The molecule has 2 heterocycles. The molecule has 1 amide bonds. The van der Waals surface area contributed by atoms with E-state index >= 15 is 0 Å². The first kappa shape index (κ1) is 16.3. The van der Waals surface area contributed by atoms with E-state index in [9.17, 15) is 4.79 Å². The molecule has 2 saturated heterocycles. The largest absolute Gasteiger partial charge is 0.493 e. The molecule has 1 atom stereocenters. The molecule has 2 aliphatic heterocycles. The maximum absolute atomic E-state index is 12.7. The fourth-order valence-corrected chi connectivity index (χ4v) is 3.47. The van der Waals surface area contributed by atoms with Crippen LogP contribution in [0.25, 0.3) is 0 Å². The quantitative estimate of drug-likeness (QED) is 0.837. The minimum Gasteiger partial charge on any atom is -0.493 e. The molecule has 4 heteroatoms. The van der Waals surface area contributed by atoms with E-state index in [0.717, 1.165) is 30.8 Å². The van der Waals surface area contributed by atoms with Gasteiger partial charge in [-0.05, 0) is 62.5 Å². The molecule has 0 bridgehead atoms. The molecule has 0 radical (unpaired) electrons. The van der Waals surface area contributed by atoms with Crippen molar-refractivity contribution in [3.05, 3.63) is 29.8 Å². The lowest BCUT2D eigenvalue weighted by Crippen LogP contribution is -2.37. The summed E-state index contributed by atoms with van der Waals surface area (Å²) in [5.74, 6) is 1.50. The van der Waals surface area contributed by atoms with Crippen molar-refractivity contribution in [3.63, 3.8) is 0 Å². The number of nitrogens with zero attached hydrogens (tertiary/aromatic N) is 2. The van der Waals surface area contributed by atoms with Gasteiger partial charge in [0.25, 0.3) is 5.91 Å². The highest BCUT2D eigenvalue weighted by Gasteiger charge is 2.31. The average Bonchev–Trinajstić information content (AvgIpc) is 3.23. The van der Waals surface area contributed by atoms with Gasteiger partial charge in [-0.2, -0.15) is 0 Å². The molecule has 0 aromatic heterocycles. The first-order chi connectivity index (χ1) is 11.1. The monoisotopic (exact) mass is 316 g/mol. The molecule has 0 spiro atoms. The summed E-state index contributed by atoms with van der Waals surface area (Å²) in [6, 6.07) is 8.16. The lowest BCUT2D eigenvalue weighted by molar-refractivity contribution is 0.0780. The third kappa shape index (κ3) is 4.05. The van der Waals surface area contributed by atoms with Gasteiger partial charge in [0, 0.05) is 24.7 Å². The summed E-state index contributed by atoms with van der Waals surface area (Å²) in [4.78, 5) is 17.2. The molecular weight excluding hydrogens is 288 g/mol. The van der Waals surface area contributed by atoms with Gasteiger partial charge >= 0.3 is 0 Å². The predicted molar refractivity (Wildman–Crippen MR) is 91.9 cm³/mol. The van der Waals surface area contributed by atoms with Crippen molar-refractivity contribution in [1.29, 1.82) is 0 Å². The minimum atomic E-state index is 0.155. The van der Waals surface area contributed by atoms with Gasteiger partial charge in [0.05, 0.1) is 6.61 Å². The van der Waals surface area contributed by atoms with E-state index in [4.69, 9.17) is 4.74 Å². The summed E-state index contributed by atoms with van der Waals surface area (Å²) in [5, 5.41) is 0. The zero-order chi connectivity index (χ0) is 16.2. The van der Waals surface area contributed by atoms with Gasteiger partial charge in [0.1, 0.15) is 5.75 Å². The zero-order valence-corrected chi connectivity index (χ0v) is 14.3. The number of carbonyl (C=O) groups is 1. The van der Waals surface area contributed by atoms with Crippen LogP contribution in [-0.2, 0) is 0 Å². The minimum absolute atomic E-state index is 0.155. The number of hydrogen-bond donors (Lipinski definition) is 0. The van der Waals surface area contributed by atoms with E-state index in [0.29, 0.717) is 18.6 Å². The summed E-state index contributed by atoms with van der Waals surface area (Å²) < 4.78 is 5.68. The van der Waals surface area contributed by atoms with Crippen molar-refractivity contribution in [1.82, 2.24) is 9.80 Å². The van der Waals surface area contributed by atoms with Crippen molar-refractivity contribution >= 4 is 5.91 Å². The summed E-state index contributed by atoms with van der Waals surface area (Å²) in [5.41, 5.74) is 0.768. The van der Waals surface area contributed by atoms with Crippen molar-refractivity contribution in [2.24, 2.45) is 5.92 Å². The summed E-state index contributed by atoms with van der Waals surface area (Å²) in [6.45, 7) is 9.13. The van der Waals surface area contributed by atoms with Crippen molar-refractivity contribution < 1.29 is 9.53 Å². The molecule has 1 aromatic rings. The van der Waals surface area contributed by atoms with Crippen molar-refractivity contribution in [2.45, 2.75) is 39.2 Å². The van der Waals surface area contributed by atoms with Gasteiger partial charge in [-0.15, -0.1) is 0 Å². The molecule has 23 heavy (non-hydrogen) atoms. The van der Waals surface area contributed by atoms with E-state index in [1.165, 1.54) is 25.9 Å². The SMILES string of the molecule is CC(C)COc1ccc(C(=O)N2CCC(N3CCCC3)C2)cc1. The number of carbonyl (C=O) groups excluding carboxylic acids is 1. The highest BCUT2D eigenvalue weighted by molar-refractivity contribution is 5.94. The Kier molecular flexibility index (Phi) is 5.21. The highest BCUT2D eigenvalue weighted by atomic mass is 16.5. The standard InChI is InChI=1S/C19H28N2O2/c1-15(2)14-23-18-7-5-16(6-8-18)19(22)21-12-9-17(13-21)20-10-3-4-11-20/h5-8,15,17H,3-4,9-14H2,1-2H3. The Hall–Kier alpha value is -1.55. The second-order valence-corrected chi connectivity index (χ2v) is 7.17. The molecule has 0 N–H and O–H groups in total. The Balaban J connectivity index is 1.55. The lowest BCUT2D eigenvalue weighted by atomic mass is 10.2. The molecule has 4 nitrogen and oxygen atoms in total. The van der Waals surface area contributed by atoms with Gasteiger partial charge in [-0.1, -0.05) is 13.8 Å². The molecule has 2 fully saturated rings. The molecule has 1 aromatic carbocycles. The van der Waals surface area contributed by atoms with Crippen LogP contribution in [0.2, 0.25) is 0 Å². The van der Waals surface area contributed by atoms with Gasteiger partial charge in [0.2, 0.25) is 0 Å². The summed E-state index contributed by atoms with van der Waals surface area (Å²) in [6.07, 6.45) is 3.73. The number of likely N-dealkylation sites (tertiary alicyclic amines) is 2.